The van der Waals surface area contributed by atoms with Crippen LogP contribution in [0.15, 0.2) is 24.3 Å². The summed E-state index contributed by atoms with van der Waals surface area (Å²) in [6.45, 7) is 5.38. The van der Waals surface area contributed by atoms with Crippen molar-refractivity contribution in [2.24, 2.45) is 5.41 Å². The molecule has 0 bridgehead atoms. The zero-order valence-corrected chi connectivity index (χ0v) is 18.1. The van der Waals surface area contributed by atoms with Crippen LogP contribution in [-0.4, -0.2) is 49.1 Å². The third-order valence-corrected chi connectivity index (χ3v) is 6.62. The molecule has 1 saturated carbocycles. The molecule has 2 heterocycles. The lowest BCUT2D eigenvalue weighted by atomic mass is 9.77. The molecule has 27 heavy (non-hydrogen) atoms. The van der Waals surface area contributed by atoms with E-state index in [1.165, 1.54) is 24.0 Å². The minimum Gasteiger partial charge on any atom is -0.349 e. The topological polar surface area (TPSA) is 44.4 Å². The largest absolute Gasteiger partial charge is 0.349 e. The van der Waals surface area contributed by atoms with Crippen LogP contribution in [0.3, 0.4) is 0 Å². The summed E-state index contributed by atoms with van der Waals surface area (Å²) in [5.74, 6) is 0.252. The zero-order chi connectivity index (χ0) is 17.5. The first kappa shape index (κ1) is 22.5. The number of nitrogens with one attached hydrogen (secondary N) is 2. The molecule has 1 aliphatic carbocycles. The molecular weight excluding hydrogens is 381 g/mol. The number of benzene rings is 1. The van der Waals surface area contributed by atoms with E-state index in [0.29, 0.717) is 5.41 Å². The number of carbonyl (C=O) groups is 1. The number of hydrogen-bond acceptors (Lipinski definition) is 3. The molecule has 152 valence electrons. The highest BCUT2D eigenvalue weighted by Gasteiger charge is 2.49. The molecule has 0 radical (unpaired) electrons. The van der Waals surface area contributed by atoms with E-state index in [9.17, 15) is 4.79 Å². The van der Waals surface area contributed by atoms with Crippen LogP contribution in [0.4, 0.5) is 0 Å². The van der Waals surface area contributed by atoms with Crippen molar-refractivity contribution in [2.45, 2.75) is 57.0 Å². The van der Waals surface area contributed by atoms with Crippen molar-refractivity contribution in [1.29, 1.82) is 0 Å². The molecule has 1 aromatic carbocycles. The maximum Gasteiger partial charge on any atom is 0.237 e. The summed E-state index contributed by atoms with van der Waals surface area (Å²) >= 11 is 0. The van der Waals surface area contributed by atoms with Gasteiger partial charge in [-0.25, -0.2) is 0 Å². The number of likely N-dealkylation sites (tertiary alicyclic amines) is 1. The normalized spacial score (nSPS) is 25.3. The highest BCUT2D eigenvalue weighted by Crippen LogP contribution is 2.43. The fraction of sp³-hybridized carbons (Fsp3) is 0.667. The van der Waals surface area contributed by atoms with Crippen LogP contribution in [0.2, 0.25) is 0 Å². The number of likely N-dealkylation sites (N-methyl/N-ethyl adjacent to an activating group) is 1. The summed E-state index contributed by atoms with van der Waals surface area (Å²) in [5, 5.41) is 6.88. The SMILES string of the molecule is Cc1ccc(CC2(NC(=O)C3CC4(CCNCC4)CN3C)CC2)cc1.Cl.Cl. The van der Waals surface area contributed by atoms with E-state index in [4.69, 9.17) is 0 Å². The van der Waals surface area contributed by atoms with E-state index in [2.05, 4.69) is 53.8 Å². The molecule has 1 atom stereocenters. The summed E-state index contributed by atoms with van der Waals surface area (Å²) in [7, 11) is 2.13. The van der Waals surface area contributed by atoms with Gasteiger partial charge in [0.25, 0.3) is 0 Å². The Kier molecular flexibility index (Phi) is 7.23. The molecule has 1 unspecified atom stereocenters. The van der Waals surface area contributed by atoms with E-state index >= 15 is 0 Å². The molecule has 4 rings (SSSR count). The van der Waals surface area contributed by atoms with E-state index < -0.39 is 0 Å². The van der Waals surface area contributed by atoms with Crippen LogP contribution in [0.5, 0.6) is 0 Å². The van der Waals surface area contributed by atoms with Crippen LogP contribution in [0, 0.1) is 12.3 Å². The number of halogens is 2. The summed E-state index contributed by atoms with van der Waals surface area (Å²) in [6, 6.07) is 8.78. The Bertz CT molecular complexity index is 639. The molecule has 1 spiro atoms. The van der Waals surface area contributed by atoms with Gasteiger partial charge in [-0.3, -0.25) is 9.69 Å². The van der Waals surface area contributed by atoms with E-state index in [1.807, 2.05) is 0 Å². The van der Waals surface area contributed by atoms with Gasteiger partial charge in [-0.2, -0.15) is 0 Å². The van der Waals surface area contributed by atoms with Crippen LogP contribution < -0.4 is 10.6 Å². The quantitative estimate of drug-likeness (QED) is 0.796. The molecule has 3 aliphatic rings. The highest BCUT2D eigenvalue weighted by molar-refractivity contribution is 5.85. The van der Waals surface area contributed by atoms with Crippen molar-refractivity contribution in [2.75, 3.05) is 26.7 Å². The number of rotatable bonds is 4. The average Bonchev–Trinajstić information content (AvgIpc) is 3.26. The fourth-order valence-corrected chi connectivity index (χ4v) is 4.82. The number of carbonyl (C=O) groups excluding carboxylic acids is 1. The molecular formula is C21H33Cl2N3O. The fourth-order valence-electron chi connectivity index (χ4n) is 4.82. The summed E-state index contributed by atoms with van der Waals surface area (Å²) < 4.78 is 0. The minimum absolute atomic E-state index is 0. The Morgan fingerprint density at radius 1 is 1.15 bits per heavy atom. The predicted molar refractivity (Wildman–Crippen MR) is 115 cm³/mol. The Morgan fingerprint density at radius 3 is 2.37 bits per heavy atom. The molecule has 6 heteroatoms. The van der Waals surface area contributed by atoms with Gasteiger partial charge in [-0.1, -0.05) is 29.8 Å². The van der Waals surface area contributed by atoms with Gasteiger partial charge in [0.1, 0.15) is 0 Å². The summed E-state index contributed by atoms with van der Waals surface area (Å²) in [5.41, 5.74) is 2.99. The Morgan fingerprint density at radius 2 is 1.78 bits per heavy atom. The smallest absolute Gasteiger partial charge is 0.237 e. The molecule has 2 N–H and O–H groups in total. The van der Waals surface area contributed by atoms with Crippen LogP contribution in [0.25, 0.3) is 0 Å². The molecule has 4 nitrogen and oxygen atoms in total. The summed E-state index contributed by atoms with van der Waals surface area (Å²) in [6.07, 6.45) is 6.61. The average molecular weight is 414 g/mol. The van der Waals surface area contributed by atoms with Crippen molar-refractivity contribution < 1.29 is 4.79 Å². The number of hydrogen-bond donors (Lipinski definition) is 2. The Hall–Kier alpha value is -0.810. The zero-order valence-electron chi connectivity index (χ0n) is 16.4. The second kappa shape index (κ2) is 8.69. The first-order chi connectivity index (χ1) is 12.0. The second-order valence-electron chi connectivity index (χ2n) is 8.82. The maximum atomic E-state index is 13.0. The van der Waals surface area contributed by atoms with Gasteiger partial charge in [0.05, 0.1) is 6.04 Å². The van der Waals surface area contributed by atoms with Gasteiger partial charge in [0.15, 0.2) is 0 Å². The monoisotopic (exact) mass is 413 g/mol. The first-order valence-electron chi connectivity index (χ1n) is 9.78. The number of amides is 1. The highest BCUT2D eigenvalue weighted by atomic mass is 35.5. The van der Waals surface area contributed by atoms with Crippen LogP contribution >= 0.6 is 24.8 Å². The number of nitrogens with zero attached hydrogens (tertiary/aromatic N) is 1. The number of aryl methyl sites for hydroxylation is 1. The molecule has 2 saturated heterocycles. The van der Waals surface area contributed by atoms with Crippen molar-refractivity contribution in [3.63, 3.8) is 0 Å². The van der Waals surface area contributed by atoms with E-state index in [0.717, 1.165) is 45.3 Å². The predicted octanol–water partition coefficient (Wildman–Crippen LogP) is 3.10. The second-order valence-corrected chi connectivity index (χ2v) is 8.82. The van der Waals surface area contributed by atoms with E-state index in [-0.39, 0.29) is 42.3 Å². The van der Waals surface area contributed by atoms with Crippen molar-refractivity contribution >= 4 is 30.7 Å². The Labute approximate surface area is 175 Å². The third kappa shape index (κ3) is 4.97. The van der Waals surface area contributed by atoms with Gasteiger partial charge in [0, 0.05) is 12.1 Å². The van der Waals surface area contributed by atoms with Gasteiger partial charge in [0.2, 0.25) is 5.91 Å². The Balaban J connectivity index is 0.00000131. The first-order valence-corrected chi connectivity index (χ1v) is 9.78. The van der Waals surface area contributed by atoms with Crippen molar-refractivity contribution in [3.8, 4) is 0 Å². The lowest BCUT2D eigenvalue weighted by Crippen LogP contribution is -2.47. The van der Waals surface area contributed by atoms with Gasteiger partial charge in [-0.05, 0) is 76.6 Å². The maximum absolute atomic E-state index is 13.0. The van der Waals surface area contributed by atoms with Gasteiger partial charge in [-0.15, -0.1) is 24.8 Å². The van der Waals surface area contributed by atoms with Crippen molar-refractivity contribution in [3.05, 3.63) is 35.4 Å². The molecule has 3 fully saturated rings. The standard InChI is InChI=1S/C21H31N3O.2ClH/c1-16-3-5-17(6-4-16)13-21(7-8-21)23-19(25)18-14-20(15-24(18)2)9-11-22-12-10-20;;/h3-6,18,22H,7-15H2,1-2H3,(H,23,25);2*1H. The van der Waals surface area contributed by atoms with Crippen molar-refractivity contribution in [1.82, 2.24) is 15.5 Å². The van der Waals surface area contributed by atoms with Gasteiger partial charge < -0.3 is 10.6 Å². The van der Waals surface area contributed by atoms with Crippen LogP contribution in [-0.2, 0) is 11.2 Å². The lowest BCUT2D eigenvalue weighted by Gasteiger charge is -2.33. The van der Waals surface area contributed by atoms with Crippen LogP contribution in [0.1, 0.15) is 43.2 Å². The molecule has 1 aromatic rings. The lowest BCUT2D eigenvalue weighted by molar-refractivity contribution is -0.126. The number of piperidine rings is 1. The van der Waals surface area contributed by atoms with Gasteiger partial charge >= 0.3 is 0 Å². The van der Waals surface area contributed by atoms with E-state index in [1.54, 1.807) is 0 Å². The summed E-state index contributed by atoms with van der Waals surface area (Å²) in [4.78, 5) is 15.3. The third-order valence-electron chi connectivity index (χ3n) is 6.62. The molecule has 0 aromatic heterocycles. The minimum atomic E-state index is 0. The molecule has 1 amide bonds. The molecule has 2 aliphatic heterocycles.